The third kappa shape index (κ3) is 3.83. The van der Waals surface area contributed by atoms with Crippen LogP contribution >= 0.6 is 0 Å². The summed E-state index contributed by atoms with van der Waals surface area (Å²) >= 11 is 0. The lowest BCUT2D eigenvalue weighted by Crippen LogP contribution is -2.51. The van der Waals surface area contributed by atoms with Crippen LogP contribution in [0, 0.1) is 5.92 Å². The summed E-state index contributed by atoms with van der Waals surface area (Å²) in [4.78, 5) is 16.2. The zero-order valence-corrected chi connectivity index (χ0v) is 13.4. The van der Waals surface area contributed by atoms with E-state index in [1.807, 2.05) is 9.80 Å². The number of nitrogens with zero attached hydrogens (tertiary/aromatic N) is 2. The van der Waals surface area contributed by atoms with Crippen LogP contribution in [-0.4, -0.2) is 50.2 Å². The molecule has 0 saturated carbocycles. The number of piperazine rings is 1. The van der Waals surface area contributed by atoms with Crippen molar-refractivity contribution in [1.82, 2.24) is 4.90 Å². The van der Waals surface area contributed by atoms with E-state index in [1.54, 1.807) is 6.07 Å². The first-order valence-corrected chi connectivity index (χ1v) is 8.24. The van der Waals surface area contributed by atoms with Crippen LogP contribution in [0.1, 0.15) is 18.4 Å². The van der Waals surface area contributed by atoms with Gasteiger partial charge in [-0.2, -0.15) is 13.2 Å². The second-order valence-electron chi connectivity index (χ2n) is 6.25. The van der Waals surface area contributed by atoms with Crippen molar-refractivity contribution in [1.29, 1.82) is 0 Å². The fourth-order valence-electron chi connectivity index (χ4n) is 3.27. The fraction of sp³-hybridized carbons (Fsp3) is 0.588. The molecule has 0 bridgehead atoms. The molecular weight excluding hydrogens is 321 g/mol. The van der Waals surface area contributed by atoms with Crippen molar-refractivity contribution in [3.63, 3.8) is 0 Å². The first-order chi connectivity index (χ1) is 11.4. The first kappa shape index (κ1) is 17.1. The van der Waals surface area contributed by atoms with Gasteiger partial charge in [-0.3, -0.25) is 4.79 Å². The molecule has 0 unspecified atom stereocenters. The molecule has 24 heavy (non-hydrogen) atoms. The molecule has 2 aliphatic heterocycles. The van der Waals surface area contributed by atoms with Crippen LogP contribution in [0.4, 0.5) is 18.9 Å². The molecule has 2 aliphatic rings. The van der Waals surface area contributed by atoms with Gasteiger partial charge in [0.15, 0.2) is 0 Å². The number of alkyl halides is 3. The Morgan fingerprint density at radius 1 is 1.08 bits per heavy atom. The van der Waals surface area contributed by atoms with E-state index in [0.717, 1.165) is 18.9 Å². The van der Waals surface area contributed by atoms with Gasteiger partial charge >= 0.3 is 6.18 Å². The van der Waals surface area contributed by atoms with E-state index in [1.165, 1.54) is 12.1 Å². The molecule has 132 valence electrons. The van der Waals surface area contributed by atoms with E-state index in [0.29, 0.717) is 45.1 Å². The predicted molar refractivity (Wildman–Crippen MR) is 83.8 cm³/mol. The molecule has 2 fully saturated rings. The highest BCUT2D eigenvalue weighted by atomic mass is 19.4. The van der Waals surface area contributed by atoms with Gasteiger partial charge in [-0.1, -0.05) is 6.07 Å². The number of carbonyl (C=O) groups is 1. The summed E-state index contributed by atoms with van der Waals surface area (Å²) in [5.74, 6) is 0.181. The Kier molecular flexibility index (Phi) is 4.99. The standard InChI is InChI=1S/C17H21F3N2O2/c18-17(19,20)14-2-1-3-15(12-14)21-6-8-22(9-7-21)16(23)13-4-10-24-11-5-13/h1-3,12-13H,4-11H2. The number of rotatable bonds is 2. The van der Waals surface area contributed by atoms with Crippen molar-refractivity contribution in [3.8, 4) is 0 Å². The average Bonchev–Trinajstić information content (AvgIpc) is 2.61. The Morgan fingerprint density at radius 2 is 1.75 bits per heavy atom. The zero-order valence-electron chi connectivity index (χ0n) is 13.4. The molecule has 2 heterocycles. The van der Waals surface area contributed by atoms with Crippen LogP contribution in [0.2, 0.25) is 0 Å². The van der Waals surface area contributed by atoms with Gasteiger partial charge in [-0.25, -0.2) is 0 Å². The minimum absolute atomic E-state index is 0.0267. The predicted octanol–water partition coefficient (Wildman–Crippen LogP) is 2.78. The number of hydrogen-bond donors (Lipinski definition) is 0. The third-order valence-corrected chi connectivity index (χ3v) is 4.70. The Hall–Kier alpha value is -1.76. The molecule has 7 heteroatoms. The smallest absolute Gasteiger partial charge is 0.381 e. The first-order valence-electron chi connectivity index (χ1n) is 8.24. The SMILES string of the molecule is O=C(C1CCOCC1)N1CCN(c2cccc(C(F)(F)F)c2)CC1. The Bertz CT molecular complexity index is 577. The summed E-state index contributed by atoms with van der Waals surface area (Å²) in [7, 11) is 0. The van der Waals surface area contributed by atoms with E-state index in [2.05, 4.69) is 0 Å². The molecule has 3 rings (SSSR count). The fourth-order valence-corrected chi connectivity index (χ4v) is 3.27. The van der Waals surface area contributed by atoms with Crippen molar-refractivity contribution in [3.05, 3.63) is 29.8 Å². The molecule has 0 aromatic heterocycles. The number of anilines is 1. The topological polar surface area (TPSA) is 32.8 Å². The molecule has 0 atom stereocenters. The van der Waals surface area contributed by atoms with Crippen LogP contribution in [0.3, 0.4) is 0 Å². The van der Waals surface area contributed by atoms with Gasteiger partial charge in [0, 0.05) is 51.0 Å². The monoisotopic (exact) mass is 342 g/mol. The van der Waals surface area contributed by atoms with Crippen LogP contribution in [0.5, 0.6) is 0 Å². The maximum absolute atomic E-state index is 12.8. The average molecular weight is 342 g/mol. The minimum atomic E-state index is -4.34. The van der Waals surface area contributed by atoms with Crippen LogP contribution in [0.25, 0.3) is 0 Å². The van der Waals surface area contributed by atoms with Gasteiger partial charge in [-0.05, 0) is 31.0 Å². The van der Waals surface area contributed by atoms with E-state index >= 15 is 0 Å². The summed E-state index contributed by atoms with van der Waals surface area (Å²) in [6, 6.07) is 5.37. The molecule has 0 spiro atoms. The number of ether oxygens (including phenoxy) is 1. The molecule has 0 N–H and O–H groups in total. The van der Waals surface area contributed by atoms with Gasteiger partial charge < -0.3 is 14.5 Å². The lowest BCUT2D eigenvalue weighted by molar-refractivity contribution is -0.139. The second kappa shape index (κ2) is 7.01. The lowest BCUT2D eigenvalue weighted by Gasteiger charge is -2.38. The molecule has 0 aliphatic carbocycles. The minimum Gasteiger partial charge on any atom is -0.381 e. The van der Waals surface area contributed by atoms with Gasteiger partial charge in [0.25, 0.3) is 0 Å². The maximum Gasteiger partial charge on any atom is 0.416 e. The number of carbonyl (C=O) groups excluding carboxylic acids is 1. The van der Waals surface area contributed by atoms with Crippen molar-refractivity contribution in [2.45, 2.75) is 19.0 Å². The summed E-state index contributed by atoms with van der Waals surface area (Å²) in [6.45, 7) is 3.45. The largest absolute Gasteiger partial charge is 0.416 e. The van der Waals surface area contributed by atoms with E-state index in [9.17, 15) is 18.0 Å². The summed E-state index contributed by atoms with van der Waals surface area (Å²) in [6.07, 6.45) is -2.82. The van der Waals surface area contributed by atoms with Crippen molar-refractivity contribution in [2.75, 3.05) is 44.3 Å². The van der Waals surface area contributed by atoms with E-state index < -0.39 is 11.7 Å². The van der Waals surface area contributed by atoms with Gasteiger partial charge in [0.1, 0.15) is 0 Å². The van der Waals surface area contributed by atoms with Crippen molar-refractivity contribution in [2.24, 2.45) is 5.92 Å². The van der Waals surface area contributed by atoms with Crippen molar-refractivity contribution < 1.29 is 22.7 Å². The molecular formula is C17H21F3N2O2. The lowest BCUT2D eigenvalue weighted by atomic mass is 9.98. The van der Waals surface area contributed by atoms with Crippen LogP contribution < -0.4 is 4.90 Å². The molecule has 1 amide bonds. The maximum atomic E-state index is 12.8. The molecule has 1 aromatic rings. The number of amides is 1. The highest BCUT2D eigenvalue weighted by molar-refractivity contribution is 5.79. The Labute approximate surface area is 139 Å². The van der Waals surface area contributed by atoms with Crippen molar-refractivity contribution >= 4 is 11.6 Å². The zero-order chi connectivity index (χ0) is 17.2. The number of benzene rings is 1. The van der Waals surface area contributed by atoms with Gasteiger partial charge in [0.2, 0.25) is 5.91 Å². The van der Waals surface area contributed by atoms with Crippen LogP contribution in [-0.2, 0) is 15.7 Å². The highest BCUT2D eigenvalue weighted by Crippen LogP contribution is 2.32. The number of hydrogen-bond acceptors (Lipinski definition) is 3. The van der Waals surface area contributed by atoms with Gasteiger partial charge in [0.05, 0.1) is 5.56 Å². The van der Waals surface area contributed by atoms with Crippen LogP contribution in [0.15, 0.2) is 24.3 Å². The summed E-state index contributed by atoms with van der Waals surface area (Å²) < 4.78 is 43.8. The Morgan fingerprint density at radius 3 is 2.38 bits per heavy atom. The molecule has 0 radical (unpaired) electrons. The third-order valence-electron chi connectivity index (χ3n) is 4.70. The molecule has 2 saturated heterocycles. The molecule has 4 nitrogen and oxygen atoms in total. The van der Waals surface area contributed by atoms with E-state index in [4.69, 9.17) is 4.74 Å². The number of halogens is 3. The molecule has 1 aromatic carbocycles. The Balaban J connectivity index is 1.60. The van der Waals surface area contributed by atoms with Gasteiger partial charge in [-0.15, -0.1) is 0 Å². The second-order valence-corrected chi connectivity index (χ2v) is 6.25. The highest BCUT2D eigenvalue weighted by Gasteiger charge is 2.32. The normalized spacial score (nSPS) is 20.3. The quantitative estimate of drug-likeness (QED) is 0.829. The summed E-state index contributed by atoms with van der Waals surface area (Å²) in [5, 5.41) is 0. The summed E-state index contributed by atoms with van der Waals surface area (Å²) in [5.41, 5.74) is -0.0799. The van der Waals surface area contributed by atoms with E-state index in [-0.39, 0.29) is 11.8 Å².